The number of nitrogens with one attached hydrogen (secondary N) is 1. The Labute approximate surface area is 98.3 Å². The van der Waals surface area contributed by atoms with Gasteiger partial charge in [0, 0.05) is 11.8 Å². The molecule has 2 atom stereocenters. The van der Waals surface area contributed by atoms with Crippen LogP contribution in [0.25, 0.3) is 0 Å². The van der Waals surface area contributed by atoms with Crippen LogP contribution in [0.1, 0.15) is 41.5 Å². The molecule has 0 aromatic heterocycles. The maximum atomic E-state index is 4.71. The molecular weight excluding hydrogens is 204 g/mol. The third kappa shape index (κ3) is 3.71. The second-order valence-corrected chi connectivity index (χ2v) is 6.80. The lowest BCUT2D eigenvalue weighted by Crippen LogP contribution is -2.39. The van der Waals surface area contributed by atoms with Crippen LogP contribution in [0.5, 0.6) is 0 Å². The molecule has 0 radical (unpaired) electrons. The summed E-state index contributed by atoms with van der Waals surface area (Å²) in [5.74, 6) is 1.79. The summed E-state index contributed by atoms with van der Waals surface area (Å²) in [6, 6.07) is 0.972. The van der Waals surface area contributed by atoms with Crippen molar-refractivity contribution in [3.63, 3.8) is 0 Å². The fraction of sp³-hybridized carbons (Fsp3) is 0.917. The van der Waals surface area contributed by atoms with Crippen LogP contribution < -0.4 is 5.32 Å². The smallest absolute Gasteiger partial charge is 0.157 e. The van der Waals surface area contributed by atoms with Gasteiger partial charge < -0.3 is 5.32 Å². The van der Waals surface area contributed by atoms with Crippen LogP contribution in [0.4, 0.5) is 0 Å². The number of rotatable bonds is 2. The standard InChI is InChI=1S/C12H24N2S/c1-8(2)10-7-15-11(14-10)13-9(3)12(4,5)6/h8-10H,7H2,1-6H3,(H,13,14)/t9?,10-/m1/s1. The highest BCUT2D eigenvalue weighted by atomic mass is 32.2. The number of hydrogen-bond donors (Lipinski definition) is 1. The summed E-state index contributed by atoms with van der Waals surface area (Å²) in [7, 11) is 0. The summed E-state index contributed by atoms with van der Waals surface area (Å²) in [5, 5.41) is 4.65. The number of thioether (sulfide) groups is 1. The Kier molecular flexibility index (Phi) is 4.10. The van der Waals surface area contributed by atoms with Crippen molar-refractivity contribution in [3.8, 4) is 0 Å². The molecule has 0 spiro atoms. The number of hydrogen-bond acceptors (Lipinski definition) is 3. The molecule has 1 rings (SSSR count). The van der Waals surface area contributed by atoms with Crippen molar-refractivity contribution in [1.82, 2.24) is 5.32 Å². The second kappa shape index (κ2) is 4.77. The van der Waals surface area contributed by atoms with Gasteiger partial charge in [-0.2, -0.15) is 0 Å². The van der Waals surface area contributed by atoms with Gasteiger partial charge in [0.05, 0.1) is 6.04 Å². The maximum absolute atomic E-state index is 4.71. The van der Waals surface area contributed by atoms with Crippen LogP contribution in [0.15, 0.2) is 4.99 Å². The second-order valence-electron chi connectivity index (χ2n) is 5.79. The molecule has 1 N–H and O–H groups in total. The average molecular weight is 228 g/mol. The lowest BCUT2D eigenvalue weighted by molar-refractivity contribution is 0.317. The van der Waals surface area contributed by atoms with Gasteiger partial charge in [-0.05, 0) is 18.3 Å². The number of nitrogens with zero attached hydrogens (tertiary/aromatic N) is 1. The average Bonchev–Trinajstić information content (AvgIpc) is 2.50. The van der Waals surface area contributed by atoms with E-state index in [1.54, 1.807) is 0 Å². The van der Waals surface area contributed by atoms with E-state index in [1.165, 1.54) is 0 Å². The molecule has 3 heteroatoms. The summed E-state index contributed by atoms with van der Waals surface area (Å²) >= 11 is 1.86. The van der Waals surface area contributed by atoms with Crippen LogP contribution in [-0.2, 0) is 0 Å². The van der Waals surface area contributed by atoms with Crippen molar-refractivity contribution in [2.45, 2.75) is 53.6 Å². The van der Waals surface area contributed by atoms with Gasteiger partial charge in [0.1, 0.15) is 0 Å². The molecule has 0 amide bonds. The van der Waals surface area contributed by atoms with Gasteiger partial charge in [0.15, 0.2) is 5.17 Å². The summed E-state index contributed by atoms with van der Waals surface area (Å²) < 4.78 is 0. The Hall–Kier alpha value is -0.180. The molecule has 0 saturated carbocycles. The molecule has 88 valence electrons. The minimum atomic E-state index is 0.291. The van der Waals surface area contributed by atoms with E-state index in [1.807, 2.05) is 11.8 Å². The first kappa shape index (κ1) is 12.9. The minimum Gasteiger partial charge on any atom is -0.362 e. The van der Waals surface area contributed by atoms with Crippen molar-refractivity contribution < 1.29 is 0 Å². The quantitative estimate of drug-likeness (QED) is 0.785. The molecule has 0 saturated heterocycles. The van der Waals surface area contributed by atoms with Gasteiger partial charge >= 0.3 is 0 Å². The Morgan fingerprint density at radius 1 is 1.33 bits per heavy atom. The van der Waals surface area contributed by atoms with E-state index in [0.717, 1.165) is 10.9 Å². The van der Waals surface area contributed by atoms with Gasteiger partial charge in [0.2, 0.25) is 0 Å². The minimum absolute atomic E-state index is 0.291. The van der Waals surface area contributed by atoms with E-state index in [2.05, 4.69) is 46.9 Å². The molecule has 0 aromatic carbocycles. The molecule has 0 aromatic rings. The Bertz CT molecular complexity index is 240. The van der Waals surface area contributed by atoms with Gasteiger partial charge in [-0.25, -0.2) is 0 Å². The summed E-state index contributed by atoms with van der Waals surface area (Å²) in [4.78, 5) is 4.71. The zero-order chi connectivity index (χ0) is 11.6. The van der Waals surface area contributed by atoms with E-state index in [9.17, 15) is 0 Å². The number of amidine groups is 1. The van der Waals surface area contributed by atoms with Crippen molar-refractivity contribution in [1.29, 1.82) is 0 Å². The van der Waals surface area contributed by atoms with Gasteiger partial charge in [-0.15, -0.1) is 0 Å². The van der Waals surface area contributed by atoms with E-state index in [0.29, 0.717) is 23.4 Å². The summed E-state index contributed by atoms with van der Waals surface area (Å²) in [6.45, 7) is 13.5. The fourth-order valence-electron chi connectivity index (χ4n) is 1.21. The first-order valence-electron chi connectivity index (χ1n) is 5.78. The van der Waals surface area contributed by atoms with Gasteiger partial charge in [0.25, 0.3) is 0 Å². The highest BCUT2D eigenvalue weighted by Gasteiger charge is 2.25. The highest BCUT2D eigenvalue weighted by Crippen LogP contribution is 2.25. The third-order valence-electron chi connectivity index (χ3n) is 3.08. The largest absolute Gasteiger partial charge is 0.362 e. The molecule has 1 aliphatic rings. The van der Waals surface area contributed by atoms with Crippen molar-refractivity contribution >= 4 is 16.9 Å². The predicted octanol–water partition coefficient (Wildman–Crippen LogP) is 3.14. The van der Waals surface area contributed by atoms with Crippen LogP contribution >= 0.6 is 11.8 Å². The first-order valence-corrected chi connectivity index (χ1v) is 6.76. The SMILES string of the molecule is CC(C)[C@H]1CSC(NC(C)C(C)(C)C)=N1. The maximum Gasteiger partial charge on any atom is 0.157 e. The van der Waals surface area contributed by atoms with E-state index in [4.69, 9.17) is 4.99 Å². The molecule has 1 heterocycles. The topological polar surface area (TPSA) is 24.4 Å². The van der Waals surface area contributed by atoms with Crippen LogP contribution in [0, 0.1) is 11.3 Å². The molecular formula is C12H24N2S. The monoisotopic (exact) mass is 228 g/mol. The van der Waals surface area contributed by atoms with Crippen molar-refractivity contribution in [3.05, 3.63) is 0 Å². The zero-order valence-electron chi connectivity index (χ0n) is 10.8. The van der Waals surface area contributed by atoms with Gasteiger partial charge in [-0.1, -0.05) is 46.4 Å². The van der Waals surface area contributed by atoms with Crippen molar-refractivity contribution in [2.24, 2.45) is 16.3 Å². The van der Waals surface area contributed by atoms with Crippen LogP contribution in [0.2, 0.25) is 0 Å². The molecule has 0 fully saturated rings. The molecule has 1 unspecified atom stereocenters. The molecule has 0 bridgehead atoms. The lowest BCUT2D eigenvalue weighted by Gasteiger charge is -2.28. The van der Waals surface area contributed by atoms with E-state index >= 15 is 0 Å². The molecule has 2 nitrogen and oxygen atoms in total. The van der Waals surface area contributed by atoms with E-state index < -0.39 is 0 Å². The normalized spacial score (nSPS) is 24.2. The van der Waals surface area contributed by atoms with Crippen LogP contribution in [0.3, 0.4) is 0 Å². The van der Waals surface area contributed by atoms with E-state index in [-0.39, 0.29) is 0 Å². The predicted molar refractivity (Wildman–Crippen MR) is 70.6 cm³/mol. The zero-order valence-corrected chi connectivity index (χ0v) is 11.6. The summed E-state index contributed by atoms with van der Waals surface area (Å²) in [5.41, 5.74) is 0.291. The molecule has 0 aliphatic carbocycles. The van der Waals surface area contributed by atoms with Crippen molar-refractivity contribution in [2.75, 3.05) is 5.75 Å². The fourth-order valence-corrected chi connectivity index (χ4v) is 2.47. The first-order chi connectivity index (χ1) is 6.80. The third-order valence-corrected chi connectivity index (χ3v) is 4.09. The highest BCUT2D eigenvalue weighted by molar-refractivity contribution is 8.14. The Balaban J connectivity index is 2.51. The lowest BCUT2D eigenvalue weighted by atomic mass is 9.88. The van der Waals surface area contributed by atoms with Gasteiger partial charge in [-0.3, -0.25) is 4.99 Å². The molecule has 15 heavy (non-hydrogen) atoms. The number of aliphatic imine (C=N–C) groups is 1. The molecule has 1 aliphatic heterocycles. The Morgan fingerprint density at radius 2 is 1.93 bits per heavy atom. The summed E-state index contributed by atoms with van der Waals surface area (Å²) in [6.07, 6.45) is 0. The van der Waals surface area contributed by atoms with Crippen LogP contribution in [-0.4, -0.2) is 23.0 Å². The Morgan fingerprint density at radius 3 is 2.33 bits per heavy atom.